The fraction of sp³-hybridized carbons (Fsp3) is 0.316. The zero-order valence-corrected chi connectivity index (χ0v) is 14.3. The number of nitrogens with one attached hydrogen (secondary N) is 1. The van der Waals surface area contributed by atoms with Crippen molar-refractivity contribution >= 4 is 11.7 Å². The topological polar surface area (TPSA) is 56.8 Å². The number of anilines is 1. The molecule has 1 N–H and O–H groups in total. The Morgan fingerprint density at radius 1 is 1.04 bits per heavy atom. The van der Waals surface area contributed by atoms with Gasteiger partial charge < -0.3 is 19.5 Å². The minimum atomic E-state index is -0.544. The summed E-state index contributed by atoms with van der Waals surface area (Å²) in [4.78, 5) is 12.3. The molecule has 5 heteroatoms. The molecule has 0 unspecified atom stereocenters. The second-order valence-corrected chi connectivity index (χ2v) is 5.97. The Labute approximate surface area is 141 Å². The van der Waals surface area contributed by atoms with Crippen molar-refractivity contribution in [2.45, 2.75) is 26.0 Å². The highest BCUT2D eigenvalue weighted by molar-refractivity contribution is 5.98. The normalized spacial score (nSPS) is 15.9. The van der Waals surface area contributed by atoms with Crippen LogP contribution in [0.2, 0.25) is 0 Å². The van der Waals surface area contributed by atoms with Gasteiger partial charge in [-0.3, -0.25) is 0 Å². The Hall–Kier alpha value is -2.69. The molecule has 0 saturated heterocycles. The molecule has 2 aromatic rings. The highest BCUT2D eigenvalue weighted by Crippen LogP contribution is 2.42. The summed E-state index contributed by atoms with van der Waals surface area (Å²) >= 11 is 0. The molecule has 0 bridgehead atoms. The minimum absolute atomic E-state index is 0.402. The molecule has 1 aliphatic rings. The van der Waals surface area contributed by atoms with Crippen LogP contribution in [0.4, 0.5) is 5.69 Å². The van der Waals surface area contributed by atoms with Gasteiger partial charge in [0.2, 0.25) is 6.23 Å². The van der Waals surface area contributed by atoms with E-state index in [1.807, 2.05) is 18.2 Å². The summed E-state index contributed by atoms with van der Waals surface area (Å²) in [7, 11) is 3.05. The Morgan fingerprint density at radius 3 is 2.33 bits per heavy atom. The van der Waals surface area contributed by atoms with Crippen molar-refractivity contribution in [3.63, 3.8) is 0 Å². The third-order valence-corrected chi connectivity index (χ3v) is 4.16. The van der Waals surface area contributed by atoms with E-state index in [4.69, 9.17) is 14.2 Å². The van der Waals surface area contributed by atoms with E-state index in [1.54, 1.807) is 6.07 Å². The lowest BCUT2D eigenvalue weighted by atomic mass is 10.0. The quantitative estimate of drug-likeness (QED) is 0.838. The van der Waals surface area contributed by atoms with Gasteiger partial charge in [0.25, 0.3) is 0 Å². The maximum absolute atomic E-state index is 12.3. The van der Waals surface area contributed by atoms with Crippen LogP contribution >= 0.6 is 0 Å². The lowest BCUT2D eigenvalue weighted by Crippen LogP contribution is -2.10. The molecule has 126 valence electrons. The van der Waals surface area contributed by atoms with Crippen LogP contribution in [0, 0.1) is 0 Å². The number of hydrogen-bond acceptors (Lipinski definition) is 5. The Morgan fingerprint density at radius 2 is 1.75 bits per heavy atom. The van der Waals surface area contributed by atoms with E-state index in [-0.39, 0.29) is 0 Å². The van der Waals surface area contributed by atoms with Crippen LogP contribution in [0.1, 0.15) is 47.5 Å². The maximum atomic E-state index is 12.3. The largest absolute Gasteiger partial charge is 0.493 e. The van der Waals surface area contributed by atoms with E-state index in [1.165, 1.54) is 19.8 Å². The van der Waals surface area contributed by atoms with Gasteiger partial charge in [-0.25, -0.2) is 4.79 Å². The molecule has 1 atom stereocenters. The summed E-state index contributed by atoms with van der Waals surface area (Å²) in [6.07, 6.45) is -0.544. The number of fused-ring (bicyclic) bond motifs is 1. The van der Waals surface area contributed by atoms with Crippen LogP contribution in [0.25, 0.3) is 0 Å². The first-order chi connectivity index (χ1) is 11.5. The van der Waals surface area contributed by atoms with E-state index >= 15 is 0 Å². The first-order valence-electron chi connectivity index (χ1n) is 7.87. The number of esters is 1. The lowest BCUT2D eigenvalue weighted by molar-refractivity contribution is 0.0435. The van der Waals surface area contributed by atoms with E-state index < -0.39 is 12.2 Å². The fourth-order valence-corrected chi connectivity index (χ4v) is 2.82. The Kier molecular flexibility index (Phi) is 4.34. The SMILES string of the molecule is COc1ccc2c(c1OC)C(=O)O[C@@H]2Nc1ccc(C(C)C)cc1. The van der Waals surface area contributed by atoms with Crippen molar-refractivity contribution < 1.29 is 19.0 Å². The molecule has 1 aliphatic heterocycles. The average Bonchev–Trinajstić information content (AvgIpc) is 2.90. The molecule has 3 rings (SSSR count). The second kappa shape index (κ2) is 6.43. The molecular weight excluding hydrogens is 306 g/mol. The molecule has 1 heterocycles. The highest BCUT2D eigenvalue weighted by atomic mass is 16.6. The monoisotopic (exact) mass is 327 g/mol. The van der Waals surface area contributed by atoms with Crippen molar-refractivity contribution in [3.8, 4) is 11.5 Å². The number of cyclic esters (lactones) is 1. The van der Waals surface area contributed by atoms with Gasteiger partial charge >= 0.3 is 5.97 Å². The molecular formula is C19H21NO4. The predicted octanol–water partition coefficient (Wildman–Crippen LogP) is 4.11. The van der Waals surface area contributed by atoms with Gasteiger partial charge in [-0.2, -0.15) is 0 Å². The Balaban J connectivity index is 1.89. The summed E-state index contributed by atoms with van der Waals surface area (Å²) in [6.45, 7) is 4.30. The van der Waals surface area contributed by atoms with Crippen LogP contribution in [0.5, 0.6) is 11.5 Å². The standard InChI is InChI=1S/C19H21NO4/c1-11(2)12-5-7-13(8-6-12)20-18-14-9-10-15(22-3)17(23-4)16(14)19(21)24-18/h5-11,18,20H,1-4H3/t18-/m0/s1. The highest BCUT2D eigenvalue weighted by Gasteiger charge is 2.35. The van der Waals surface area contributed by atoms with Crippen molar-refractivity contribution in [2.75, 3.05) is 19.5 Å². The van der Waals surface area contributed by atoms with Crippen LogP contribution in [0.15, 0.2) is 36.4 Å². The number of methoxy groups -OCH3 is 2. The number of carbonyl (C=O) groups is 1. The summed E-state index contributed by atoms with van der Waals surface area (Å²) in [5.74, 6) is 0.965. The minimum Gasteiger partial charge on any atom is -0.493 e. The van der Waals surface area contributed by atoms with Gasteiger partial charge in [-0.15, -0.1) is 0 Å². The maximum Gasteiger partial charge on any atom is 0.344 e. The Bertz CT molecular complexity index is 753. The third kappa shape index (κ3) is 2.77. The zero-order chi connectivity index (χ0) is 17.3. The molecule has 0 spiro atoms. The van der Waals surface area contributed by atoms with Crippen LogP contribution in [0.3, 0.4) is 0 Å². The third-order valence-electron chi connectivity index (χ3n) is 4.16. The van der Waals surface area contributed by atoms with Crippen molar-refractivity contribution in [1.82, 2.24) is 0 Å². The van der Waals surface area contributed by atoms with Crippen LogP contribution in [-0.2, 0) is 4.74 Å². The number of hydrogen-bond donors (Lipinski definition) is 1. The fourth-order valence-electron chi connectivity index (χ4n) is 2.82. The smallest absolute Gasteiger partial charge is 0.344 e. The molecule has 0 amide bonds. The summed E-state index contributed by atoms with van der Waals surface area (Å²) in [6, 6.07) is 11.7. The number of rotatable bonds is 5. The van der Waals surface area contributed by atoms with Gasteiger partial charge in [-0.05, 0) is 35.7 Å². The van der Waals surface area contributed by atoms with Gasteiger partial charge in [0, 0.05) is 11.3 Å². The van der Waals surface area contributed by atoms with E-state index in [0.717, 1.165) is 11.3 Å². The number of ether oxygens (including phenoxy) is 3. The predicted molar refractivity (Wildman–Crippen MR) is 91.9 cm³/mol. The molecule has 0 aliphatic carbocycles. The van der Waals surface area contributed by atoms with E-state index in [0.29, 0.717) is 23.0 Å². The lowest BCUT2D eigenvalue weighted by Gasteiger charge is -2.16. The molecule has 0 aromatic heterocycles. The van der Waals surface area contributed by atoms with Crippen LogP contribution < -0.4 is 14.8 Å². The van der Waals surface area contributed by atoms with E-state index in [2.05, 4.69) is 31.3 Å². The first-order valence-corrected chi connectivity index (χ1v) is 7.87. The van der Waals surface area contributed by atoms with Gasteiger partial charge in [0.05, 0.1) is 14.2 Å². The first kappa shape index (κ1) is 16.2. The second-order valence-electron chi connectivity index (χ2n) is 5.97. The molecule has 0 radical (unpaired) electrons. The van der Waals surface area contributed by atoms with Crippen molar-refractivity contribution in [3.05, 3.63) is 53.1 Å². The molecule has 24 heavy (non-hydrogen) atoms. The molecule has 5 nitrogen and oxygen atoms in total. The van der Waals surface area contributed by atoms with Gasteiger partial charge in [-0.1, -0.05) is 26.0 Å². The average molecular weight is 327 g/mol. The molecule has 0 saturated carbocycles. The van der Waals surface area contributed by atoms with Gasteiger partial charge in [0.15, 0.2) is 11.5 Å². The summed E-state index contributed by atoms with van der Waals surface area (Å²) in [5, 5.41) is 3.24. The molecule has 0 fully saturated rings. The summed E-state index contributed by atoms with van der Waals surface area (Å²) in [5.41, 5.74) is 3.30. The van der Waals surface area contributed by atoms with Crippen molar-refractivity contribution in [1.29, 1.82) is 0 Å². The van der Waals surface area contributed by atoms with E-state index in [9.17, 15) is 4.79 Å². The van der Waals surface area contributed by atoms with Crippen molar-refractivity contribution in [2.24, 2.45) is 0 Å². The number of benzene rings is 2. The summed E-state index contributed by atoms with van der Waals surface area (Å²) < 4.78 is 16.1. The zero-order valence-electron chi connectivity index (χ0n) is 14.3. The van der Waals surface area contributed by atoms with Gasteiger partial charge in [0.1, 0.15) is 5.56 Å². The number of carbonyl (C=O) groups excluding carboxylic acids is 1. The molecule has 2 aromatic carbocycles. The van der Waals surface area contributed by atoms with Crippen LogP contribution in [-0.4, -0.2) is 20.2 Å².